The minimum Gasteiger partial charge on any atom is -0.496 e. The Hall–Kier alpha value is -4.06. The van der Waals surface area contributed by atoms with E-state index in [0.717, 1.165) is 18.4 Å². The van der Waals surface area contributed by atoms with Gasteiger partial charge in [-0.1, -0.05) is 50.2 Å². The first-order valence-electron chi connectivity index (χ1n) is 11.4. The standard InChI is InChI=1S/C28H28N2O4/c1-4-17-34-22-10-8-9-20(18-22)29-26-25(23-11-6-7-12-24(23)33-3)27(31)30(28(26)32)21-15-13-19(5-2)14-16-21/h6-16,18,29H,4-5,17H2,1-3H3. The number of hydrogen-bond acceptors (Lipinski definition) is 5. The number of anilines is 2. The van der Waals surface area contributed by atoms with Crippen molar-refractivity contribution in [3.05, 3.63) is 89.6 Å². The van der Waals surface area contributed by atoms with Crippen LogP contribution in [0.4, 0.5) is 11.4 Å². The summed E-state index contributed by atoms with van der Waals surface area (Å²) in [5, 5.41) is 3.19. The number of para-hydroxylation sites is 1. The average Bonchev–Trinajstić information content (AvgIpc) is 3.11. The monoisotopic (exact) mass is 456 g/mol. The molecular weight excluding hydrogens is 428 g/mol. The highest BCUT2D eigenvalue weighted by atomic mass is 16.5. The molecule has 2 amide bonds. The summed E-state index contributed by atoms with van der Waals surface area (Å²) in [7, 11) is 1.55. The van der Waals surface area contributed by atoms with Gasteiger partial charge in [0.1, 0.15) is 17.2 Å². The van der Waals surface area contributed by atoms with Crippen LogP contribution >= 0.6 is 0 Å². The lowest BCUT2D eigenvalue weighted by molar-refractivity contribution is -0.120. The minimum absolute atomic E-state index is 0.196. The van der Waals surface area contributed by atoms with Crippen LogP contribution in [0.25, 0.3) is 5.57 Å². The molecule has 3 aromatic carbocycles. The fourth-order valence-corrected chi connectivity index (χ4v) is 3.89. The van der Waals surface area contributed by atoms with E-state index in [0.29, 0.717) is 35.0 Å². The van der Waals surface area contributed by atoms with E-state index in [4.69, 9.17) is 9.47 Å². The Morgan fingerprint density at radius 2 is 1.65 bits per heavy atom. The summed E-state index contributed by atoms with van der Waals surface area (Å²) in [6.45, 7) is 4.69. The van der Waals surface area contributed by atoms with Crippen molar-refractivity contribution < 1.29 is 19.1 Å². The maximum atomic E-state index is 13.7. The molecule has 0 aliphatic carbocycles. The second-order valence-corrected chi connectivity index (χ2v) is 7.92. The number of aryl methyl sites for hydroxylation is 1. The molecule has 0 spiro atoms. The van der Waals surface area contributed by atoms with Crippen LogP contribution in [0, 0.1) is 0 Å². The van der Waals surface area contributed by atoms with Crippen molar-refractivity contribution >= 4 is 28.8 Å². The van der Waals surface area contributed by atoms with Crippen LogP contribution in [0.1, 0.15) is 31.4 Å². The molecule has 1 aliphatic rings. The number of rotatable bonds is 9. The Bertz CT molecular complexity index is 1230. The Labute approximate surface area is 199 Å². The normalized spacial score (nSPS) is 13.4. The van der Waals surface area contributed by atoms with Gasteiger partial charge < -0.3 is 14.8 Å². The molecule has 0 aromatic heterocycles. The van der Waals surface area contributed by atoms with Gasteiger partial charge >= 0.3 is 0 Å². The third-order valence-electron chi connectivity index (χ3n) is 5.64. The molecule has 3 aromatic rings. The molecule has 0 atom stereocenters. The van der Waals surface area contributed by atoms with Crippen LogP contribution in [0.15, 0.2) is 78.5 Å². The lowest BCUT2D eigenvalue weighted by Gasteiger charge is -2.16. The number of hydrogen-bond donors (Lipinski definition) is 1. The Morgan fingerprint density at radius 3 is 2.35 bits per heavy atom. The highest BCUT2D eigenvalue weighted by Gasteiger charge is 2.41. The van der Waals surface area contributed by atoms with Gasteiger partial charge in [-0.15, -0.1) is 0 Å². The molecule has 0 fully saturated rings. The van der Waals surface area contributed by atoms with Crippen molar-refractivity contribution in [1.29, 1.82) is 0 Å². The number of nitrogens with one attached hydrogen (secondary N) is 1. The van der Waals surface area contributed by atoms with E-state index in [1.165, 1.54) is 4.90 Å². The lowest BCUT2D eigenvalue weighted by Crippen LogP contribution is -2.32. The molecule has 0 radical (unpaired) electrons. The molecule has 0 bridgehead atoms. The maximum Gasteiger partial charge on any atom is 0.282 e. The predicted octanol–water partition coefficient (Wildman–Crippen LogP) is 5.44. The molecule has 0 saturated carbocycles. The molecule has 6 heteroatoms. The second kappa shape index (κ2) is 10.3. The Morgan fingerprint density at radius 1 is 0.882 bits per heavy atom. The molecule has 174 valence electrons. The quantitative estimate of drug-likeness (QED) is 0.434. The zero-order valence-corrected chi connectivity index (χ0v) is 19.6. The van der Waals surface area contributed by atoms with Crippen molar-refractivity contribution in [3.8, 4) is 11.5 Å². The first-order chi connectivity index (χ1) is 16.6. The summed E-state index contributed by atoms with van der Waals surface area (Å²) in [6.07, 6.45) is 1.76. The summed E-state index contributed by atoms with van der Waals surface area (Å²) in [4.78, 5) is 28.5. The van der Waals surface area contributed by atoms with E-state index >= 15 is 0 Å². The lowest BCUT2D eigenvalue weighted by atomic mass is 10.0. The fourth-order valence-electron chi connectivity index (χ4n) is 3.89. The Balaban J connectivity index is 1.78. The second-order valence-electron chi connectivity index (χ2n) is 7.92. The first-order valence-corrected chi connectivity index (χ1v) is 11.4. The van der Waals surface area contributed by atoms with Gasteiger partial charge in [0, 0.05) is 17.3 Å². The van der Waals surface area contributed by atoms with E-state index in [2.05, 4.69) is 12.2 Å². The Kier molecular flexibility index (Phi) is 6.97. The summed E-state index contributed by atoms with van der Waals surface area (Å²) < 4.78 is 11.2. The zero-order chi connectivity index (χ0) is 24.1. The summed E-state index contributed by atoms with van der Waals surface area (Å²) >= 11 is 0. The number of nitrogens with zero attached hydrogens (tertiary/aromatic N) is 1. The van der Waals surface area contributed by atoms with E-state index in [1.54, 1.807) is 31.4 Å². The van der Waals surface area contributed by atoms with E-state index in [-0.39, 0.29) is 11.3 Å². The highest BCUT2D eigenvalue weighted by molar-refractivity contribution is 6.46. The molecule has 6 nitrogen and oxygen atoms in total. The highest BCUT2D eigenvalue weighted by Crippen LogP contribution is 2.37. The van der Waals surface area contributed by atoms with Gasteiger partial charge in [-0.2, -0.15) is 0 Å². The SMILES string of the molecule is CCCOc1cccc(NC2=C(c3ccccc3OC)C(=O)N(c3ccc(CC)cc3)C2=O)c1. The third-order valence-corrected chi connectivity index (χ3v) is 5.64. The van der Waals surface area contributed by atoms with Gasteiger partial charge in [0.2, 0.25) is 0 Å². The summed E-state index contributed by atoms with van der Waals surface area (Å²) in [5.41, 5.74) is 3.32. The minimum atomic E-state index is -0.421. The van der Waals surface area contributed by atoms with Gasteiger partial charge in [0.15, 0.2) is 0 Å². The van der Waals surface area contributed by atoms with Crippen LogP contribution in [0.5, 0.6) is 11.5 Å². The van der Waals surface area contributed by atoms with Crippen LogP contribution < -0.4 is 19.7 Å². The van der Waals surface area contributed by atoms with E-state index in [9.17, 15) is 9.59 Å². The number of ether oxygens (including phenoxy) is 2. The van der Waals surface area contributed by atoms with Gasteiger partial charge in [0.05, 0.1) is 25.0 Å². The molecule has 1 heterocycles. The molecular formula is C28H28N2O4. The van der Waals surface area contributed by atoms with Gasteiger partial charge in [-0.25, -0.2) is 4.90 Å². The maximum absolute atomic E-state index is 13.7. The summed E-state index contributed by atoms with van der Waals surface area (Å²) in [6, 6.07) is 22.0. The van der Waals surface area contributed by atoms with Gasteiger partial charge in [0.25, 0.3) is 11.8 Å². The van der Waals surface area contributed by atoms with E-state index < -0.39 is 11.8 Å². The van der Waals surface area contributed by atoms with Crippen molar-refractivity contribution in [2.24, 2.45) is 0 Å². The van der Waals surface area contributed by atoms with Crippen LogP contribution in [0.2, 0.25) is 0 Å². The molecule has 0 unspecified atom stereocenters. The number of benzene rings is 3. The number of carbonyl (C=O) groups is 2. The number of carbonyl (C=O) groups excluding carboxylic acids is 2. The number of amides is 2. The van der Waals surface area contributed by atoms with E-state index in [1.807, 2.05) is 55.5 Å². The first kappa shape index (κ1) is 23.1. The third kappa shape index (κ3) is 4.53. The topological polar surface area (TPSA) is 67.9 Å². The fraction of sp³-hybridized carbons (Fsp3) is 0.214. The van der Waals surface area contributed by atoms with Crippen LogP contribution in [0.3, 0.4) is 0 Å². The summed E-state index contributed by atoms with van der Waals surface area (Å²) in [5.74, 6) is 0.380. The molecule has 1 N–H and O–H groups in total. The zero-order valence-electron chi connectivity index (χ0n) is 19.6. The van der Waals surface area contributed by atoms with Crippen molar-refractivity contribution in [2.75, 3.05) is 23.9 Å². The molecule has 1 aliphatic heterocycles. The van der Waals surface area contributed by atoms with Crippen molar-refractivity contribution in [1.82, 2.24) is 0 Å². The van der Waals surface area contributed by atoms with Crippen LogP contribution in [-0.4, -0.2) is 25.5 Å². The molecule has 4 rings (SSSR count). The molecule has 34 heavy (non-hydrogen) atoms. The smallest absolute Gasteiger partial charge is 0.282 e. The largest absolute Gasteiger partial charge is 0.496 e. The van der Waals surface area contributed by atoms with Gasteiger partial charge in [-0.05, 0) is 48.7 Å². The van der Waals surface area contributed by atoms with Crippen molar-refractivity contribution in [3.63, 3.8) is 0 Å². The number of imide groups is 1. The molecule has 0 saturated heterocycles. The number of methoxy groups -OCH3 is 1. The van der Waals surface area contributed by atoms with Gasteiger partial charge in [-0.3, -0.25) is 9.59 Å². The average molecular weight is 457 g/mol. The van der Waals surface area contributed by atoms with Crippen LogP contribution in [-0.2, 0) is 16.0 Å². The predicted molar refractivity (Wildman–Crippen MR) is 134 cm³/mol. The van der Waals surface area contributed by atoms with Crippen molar-refractivity contribution in [2.45, 2.75) is 26.7 Å².